The van der Waals surface area contributed by atoms with Crippen molar-refractivity contribution in [2.75, 3.05) is 6.61 Å². The first kappa shape index (κ1) is 9.59. The van der Waals surface area contributed by atoms with Crippen molar-refractivity contribution in [3.05, 3.63) is 35.4 Å². The Labute approximate surface area is 81.4 Å². The minimum Gasteiger partial charge on any atom is -0.395 e. The van der Waals surface area contributed by atoms with E-state index < -0.39 is 17.0 Å². The van der Waals surface area contributed by atoms with Crippen molar-refractivity contribution in [2.45, 2.75) is 24.7 Å². The summed E-state index contributed by atoms with van der Waals surface area (Å²) < 4.78 is 26.3. The molecule has 0 aliphatic heterocycles. The van der Waals surface area contributed by atoms with E-state index in [0.717, 1.165) is 31.4 Å². The molecule has 76 valence electrons. The maximum Gasteiger partial charge on any atom is 0.127 e. The van der Waals surface area contributed by atoms with Crippen LogP contribution in [0.2, 0.25) is 0 Å². The molecule has 1 aliphatic carbocycles. The van der Waals surface area contributed by atoms with E-state index in [1.165, 1.54) is 6.07 Å². The highest BCUT2D eigenvalue weighted by molar-refractivity contribution is 5.30. The first-order valence-corrected chi connectivity index (χ1v) is 4.74. The number of halogens is 2. The molecule has 0 aromatic heterocycles. The van der Waals surface area contributed by atoms with Crippen LogP contribution >= 0.6 is 0 Å². The van der Waals surface area contributed by atoms with Crippen LogP contribution in [0.4, 0.5) is 8.78 Å². The van der Waals surface area contributed by atoms with Gasteiger partial charge in [-0.05, 0) is 36.6 Å². The minimum absolute atomic E-state index is 0.104. The zero-order valence-electron chi connectivity index (χ0n) is 7.76. The topological polar surface area (TPSA) is 20.2 Å². The van der Waals surface area contributed by atoms with Gasteiger partial charge in [-0.1, -0.05) is 6.42 Å². The molecule has 0 heterocycles. The van der Waals surface area contributed by atoms with E-state index in [-0.39, 0.29) is 6.61 Å². The van der Waals surface area contributed by atoms with Crippen molar-refractivity contribution in [3.8, 4) is 0 Å². The first-order chi connectivity index (χ1) is 6.68. The molecule has 1 aromatic rings. The highest BCUT2D eigenvalue weighted by Gasteiger charge is 2.40. The Bertz CT molecular complexity index is 340. The molecule has 1 aromatic carbocycles. The summed E-state index contributed by atoms with van der Waals surface area (Å²) in [6, 6.07) is 3.42. The van der Waals surface area contributed by atoms with Gasteiger partial charge in [0.25, 0.3) is 0 Å². The summed E-state index contributed by atoms with van der Waals surface area (Å²) in [4.78, 5) is 0. The Balaban J connectivity index is 2.43. The fourth-order valence-corrected chi connectivity index (χ4v) is 2.02. The number of hydrogen-bond donors (Lipinski definition) is 1. The smallest absolute Gasteiger partial charge is 0.127 e. The predicted molar refractivity (Wildman–Crippen MR) is 49.0 cm³/mol. The number of aliphatic hydroxyl groups is 1. The lowest BCUT2D eigenvalue weighted by Crippen LogP contribution is -2.38. The zero-order chi connectivity index (χ0) is 10.2. The largest absolute Gasteiger partial charge is 0.395 e. The van der Waals surface area contributed by atoms with Crippen molar-refractivity contribution in [2.24, 2.45) is 0 Å². The second-order valence-electron chi connectivity index (χ2n) is 3.92. The van der Waals surface area contributed by atoms with Crippen LogP contribution < -0.4 is 0 Å². The number of hydrogen-bond acceptors (Lipinski definition) is 1. The fourth-order valence-electron chi connectivity index (χ4n) is 2.02. The molecule has 0 amide bonds. The van der Waals surface area contributed by atoms with Gasteiger partial charge in [-0.2, -0.15) is 0 Å². The molecule has 1 nitrogen and oxygen atoms in total. The second-order valence-corrected chi connectivity index (χ2v) is 3.92. The Kier molecular flexibility index (Phi) is 2.27. The molecule has 1 N–H and O–H groups in total. The summed E-state index contributed by atoms with van der Waals surface area (Å²) in [5.74, 6) is -0.860. The molecule has 1 fully saturated rings. The Morgan fingerprint density at radius 3 is 2.50 bits per heavy atom. The fraction of sp³-hybridized carbons (Fsp3) is 0.455. The van der Waals surface area contributed by atoms with Gasteiger partial charge in [0.15, 0.2) is 0 Å². The predicted octanol–water partition coefficient (Wildman–Crippen LogP) is 2.38. The summed E-state index contributed by atoms with van der Waals surface area (Å²) in [7, 11) is 0. The van der Waals surface area contributed by atoms with Gasteiger partial charge in [-0.25, -0.2) is 8.78 Å². The third-order valence-corrected chi connectivity index (χ3v) is 3.11. The maximum atomic E-state index is 13.4. The van der Waals surface area contributed by atoms with Gasteiger partial charge in [-0.3, -0.25) is 0 Å². The molecule has 0 saturated heterocycles. The average Bonchev–Trinajstić information content (AvgIpc) is 2.10. The standard InChI is InChI=1S/C11H12F2O/c12-8-2-3-10(13)9(6-8)11(7-14)4-1-5-11/h2-3,6,14H,1,4-5,7H2. The Morgan fingerprint density at radius 2 is 2.00 bits per heavy atom. The van der Waals surface area contributed by atoms with E-state index >= 15 is 0 Å². The van der Waals surface area contributed by atoms with Crippen LogP contribution in [0.3, 0.4) is 0 Å². The first-order valence-electron chi connectivity index (χ1n) is 4.74. The molecule has 0 atom stereocenters. The van der Waals surface area contributed by atoms with Crippen molar-refractivity contribution in [1.82, 2.24) is 0 Å². The van der Waals surface area contributed by atoms with Crippen LogP contribution in [0.1, 0.15) is 24.8 Å². The second kappa shape index (κ2) is 3.31. The van der Waals surface area contributed by atoms with Crippen molar-refractivity contribution >= 4 is 0 Å². The lowest BCUT2D eigenvalue weighted by molar-refractivity contribution is 0.116. The van der Waals surface area contributed by atoms with Gasteiger partial charge in [-0.15, -0.1) is 0 Å². The van der Waals surface area contributed by atoms with E-state index in [1.54, 1.807) is 0 Å². The normalized spacial score (nSPS) is 19.1. The van der Waals surface area contributed by atoms with Gasteiger partial charge in [0.2, 0.25) is 0 Å². The van der Waals surface area contributed by atoms with Crippen LogP contribution in [0.25, 0.3) is 0 Å². The molecule has 3 heteroatoms. The highest BCUT2D eigenvalue weighted by Crippen LogP contribution is 2.44. The summed E-state index contributed by atoms with van der Waals surface area (Å²) in [5, 5.41) is 9.22. The van der Waals surface area contributed by atoms with Gasteiger partial charge >= 0.3 is 0 Å². The highest BCUT2D eigenvalue weighted by atomic mass is 19.1. The van der Waals surface area contributed by atoms with Gasteiger partial charge in [0.05, 0.1) is 6.61 Å². The van der Waals surface area contributed by atoms with Gasteiger partial charge in [0, 0.05) is 5.41 Å². The number of benzene rings is 1. The lowest BCUT2D eigenvalue weighted by atomic mass is 9.65. The number of rotatable bonds is 2. The lowest BCUT2D eigenvalue weighted by Gasteiger charge is -2.40. The monoisotopic (exact) mass is 198 g/mol. The maximum absolute atomic E-state index is 13.4. The molecular weight excluding hydrogens is 186 g/mol. The SMILES string of the molecule is OCC1(c2cc(F)ccc2F)CCC1. The molecule has 14 heavy (non-hydrogen) atoms. The summed E-state index contributed by atoms with van der Waals surface area (Å²) in [6.45, 7) is -0.104. The van der Waals surface area contributed by atoms with Gasteiger partial charge < -0.3 is 5.11 Å². The van der Waals surface area contributed by atoms with Crippen LogP contribution in [0, 0.1) is 11.6 Å². The molecule has 0 bridgehead atoms. The molecule has 0 radical (unpaired) electrons. The van der Waals surface area contributed by atoms with Crippen LogP contribution in [0.5, 0.6) is 0 Å². The molecular formula is C11H12F2O. The van der Waals surface area contributed by atoms with Crippen molar-refractivity contribution < 1.29 is 13.9 Å². The van der Waals surface area contributed by atoms with Crippen LogP contribution in [0.15, 0.2) is 18.2 Å². The van der Waals surface area contributed by atoms with Crippen LogP contribution in [-0.2, 0) is 5.41 Å². The third-order valence-electron chi connectivity index (χ3n) is 3.11. The third kappa shape index (κ3) is 1.32. The molecule has 0 unspecified atom stereocenters. The molecule has 0 spiro atoms. The quantitative estimate of drug-likeness (QED) is 0.773. The van der Waals surface area contributed by atoms with E-state index in [2.05, 4.69) is 0 Å². The molecule has 1 saturated carbocycles. The summed E-state index contributed by atoms with van der Waals surface area (Å²) in [5.41, 5.74) is -0.196. The summed E-state index contributed by atoms with van der Waals surface area (Å²) in [6.07, 6.45) is 2.45. The van der Waals surface area contributed by atoms with Crippen LogP contribution in [-0.4, -0.2) is 11.7 Å². The van der Waals surface area contributed by atoms with Crippen molar-refractivity contribution in [3.63, 3.8) is 0 Å². The zero-order valence-corrected chi connectivity index (χ0v) is 7.76. The minimum atomic E-state index is -0.522. The Hall–Kier alpha value is -0.960. The van der Waals surface area contributed by atoms with E-state index in [9.17, 15) is 13.9 Å². The van der Waals surface area contributed by atoms with Gasteiger partial charge in [0.1, 0.15) is 11.6 Å². The Morgan fingerprint density at radius 1 is 1.29 bits per heavy atom. The number of aliphatic hydroxyl groups excluding tert-OH is 1. The molecule has 2 rings (SSSR count). The van der Waals surface area contributed by atoms with E-state index in [1.807, 2.05) is 0 Å². The van der Waals surface area contributed by atoms with E-state index in [4.69, 9.17) is 0 Å². The average molecular weight is 198 g/mol. The van der Waals surface area contributed by atoms with Crippen molar-refractivity contribution in [1.29, 1.82) is 0 Å². The summed E-state index contributed by atoms with van der Waals surface area (Å²) >= 11 is 0. The van der Waals surface area contributed by atoms with E-state index in [0.29, 0.717) is 5.56 Å². The molecule has 1 aliphatic rings.